The van der Waals surface area contributed by atoms with Crippen molar-refractivity contribution in [3.63, 3.8) is 0 Å². The number of carbonyl (C=O) groups excluding carboxylic acids is 2. The molecular weight excluding hydrogens is 486 g/mol. The molecule has 1 heterocycles. The maximum Gasteiger partial charge on any atom is 0.237 e. The molecule has 3 aromatic rings. The predicted octanol–water partition coefficient (Wildman–Crippen LogP) is 5.01. The molecule has 0 saturated carbocycles. The molecule has 3 aromatic carbocycles. The zero-order chi connectivity index (χ0) is 27.8. The summed E-state index contributed by atoms with van der Waals surface area (Å²) in [6, 6.07) is 17.5. The summed E-state index contributed by atoms with van der Waals surface area (Å²) in [5, 5.41) is 13.1. The highest BCUT2D eigenvalue weighted by Crippen LogP contribution is 2.41. The molecular formula is C33H39N3O3. The van der Waals surface area contributed by atoms with Gasteiger partial charge in [-0.15, -0.1) is 0 Å². The van der Waals surface area contributed by atoms with Gasteiger partial charge in [0.25, 0.3) is 0 Å². The van der Waals surface area contributed by atoms with Crippen molar-refractivity contribution in [2.75, 3.05) is 11.4 Å². The molecule has 2 unspecified atom stereocenters. The number of carbonyl (C=O) groups is 2. The number of anilines is 1. The number of nitrogens with zero attached hydrogens (tertiary/aromatic N) is 1. The van der Waals surface area contributed by atoms with Crippen molar-refractivity contribution < 1.29 is 14.7 Å². The fraction of sp³-hybridized carbons (Fsp3) is 0.394. The summed E-state index contributed by atoms with van der Waals surface area (Å²) >= 11 is 0. The summed E-state index contributed by atoms with van der Waals surface area (Å²) in [4.78, 5) is 27.5. The monoisotopic (exact) mass is 525 g/mol. The predicted molar refractivity (Wildman–Crippen MR) is 155 cm³/mol. The van der Waals surface area contributed by atoms with Gasteiger partial charge in [0, 0.05) is 19.2 Å². The Morgan fingerprint density at radius 1 is 1.08 bits per heavy atom. The molecule has 1 aliphatic carbocycles. The largest absolute Gasteiger partial charge is 0.508 e. The minimum absolute atomic E-state index is 0.00335. The fourth-order valence-corrected chi connectivity index (χ4v) is 6.58. The fourth-order valence-electron chi connectivity index (χ4n) is 6.58. The molecule has 39 heavy (non-hydrogen) atoms. The Balaban J connectivity index is 1.35. The molecule has 6 nitrogen and oxygen atoms in total. The van der Waals surface area contributed by atoms with Crippen LogP contribution in [0.2, 0.25) is 0 Å². The molecule has 2 aliphatic rings. The van der Waals surface area contributed by atoms with Crippen LogP contribution in [0, 0.1) is 19.8 Å². The number of hydrogen-bond acceptors (Lipinski definition) is 4. The SMILES string of the molecule is CC(=O)N1CC[C@@H](NC(=O)[C@@H](N)Cc2c(C)cc(O)cc2C)c2cc(CC3Cc4ccccc4C3C)ccc21. The van der Waals surface area contributed by atoms with Crippen LogP contribution >= 0.6 is 0 Å². The van der Waals surface area contributed by atoms with Gasteiger partial charge in [-0.3, -0.25) is 9.59 Å². The van der Waals surface area contributed by atoms with Crippen LogP contribution in [0.4, 0.5) is 5.69 Å². The summed E-state index contributed by atoms with van der Waals surface area (Å²) in [7, 11) is 0. The van der Waals surface area contributed by atoms with E-state index in [0.717, 1.165) is 40.8 Å². The molecule has 0 spiro atoms. The average molecular weight is 526 g/mol. The number of nitrogens with two attached hydrogens (primary N) is 1. The lowest BCUT2D eigenvalue weighted by molar-refractivity contribution is -0.123. The van der Waals surface area contributed by atoms with Gasteiger partial charge in [-0.25, -0.2) is 0 Å². The normalized spacial score (nSPS) is 20.7. The number of phenols is 1. The van der Waals surface area contributed by atoms with Gasteiger partial charge in [0.1, 0.15) is 5.75 Å². The summed E-state index contributed by atoms with van der Waals surface area (Å²) in [5.74, 6) is 1.02. The van der Waals surface area contributed by atoms with E-state index in [1.165, 1.54) is 16.7 Å². The number of aryl methyl sites for hydroxylation is 2. The Hall–Kier alpha value is -3.64. The molecule has 0 aromatic heterocycles. The van der Waals surface area contributed by atoms with E-state index in [0.29, 0.717) is 31.2 Å². The zero-order valence-corrected chi connectivity index (χ0v) is 23.3. The van der Waals surface area contributed by atoms with Crippen molar-refractivity contribution >= 4 is 17.5 Å². The molecule has 5 rings (SSSR count). The number of nitrogens with one attached hydrogen (secondary N) is 1. The van der Waals surface area contributed by atoms with Gasteiger partial charge in [-0.1, -0.05) is 43.3 Å². The van der Waals surface area contributed by atoms with E-state index in [2.05, 4.69) is 48.6 Å². The van der Waals surface area contributed by atoms with Crippen molar-refractivity contribution in [3.05, 3.63) is 93.5 Å². The standard InChI is InChI=1S/C33H39N3O3/c1-19-13-26(38)14-20(2)28(19)18-30(34)33(39)35-31-11-12-36(22(4)37)32-10-9-23(16-29(31)32)15-25-17-24-7-5-6-8-27(24)21(25)3/h5-10,13-14,16,21,25,30-31,38H,11-12,15,17-18,34H2,1-4H3,(H,35,39)/t21?,25?,30-,31+/m0/s1. The number of hydrogen-bond donors (Lipinski definition) is 3. The third-order valence-corrected chi connectivity index (χ3v) is 8.77. The van der Waals surface area contributed by atoms with E-state index in [1.54, 1.807) is 24.0 Å². The van der Waals surface area contributed by atoms with Crippen LogP contribution in [0.1, 0.15) is 71.2 Å². The first kappa shape index (κ1) is 26.9. The van der Waals surface area contributed by atoms with E-state index in [1.807, 2.05) is 19.9 Å². The second kappa shape index (κ2) is 10.9. The second-order valence-electron chi connectivity index (χ2n) is 11.4. The van der Waals surface area contributed by atoms with Crippen LogP contribution in [0.25, 0.3) is 0 Å². The van der Waals surface area contributed by atoms with Crippen LogP contribution in [-0.2, 0) is 28.9 Å². The van der Waals surface area contributed by atoms with Crippen molar-refractivity contribution in [2.24, 2.45) is 11.7 Å². The van der Waals surface area contributed by atoms with Crippen molar-refractivity contribution in [1.82, 2.24) is 5.32 Å². The van der Waals surface area contributed by atoms with Gasteiger partial charge >= 0.3 is 0 Å². The van der Waals surface area contributed by atoms with E-state index >= 15 is 0 Å². The molecule has 0 radical (unpaired) electrons. The lowest BCUT2D eigenvalue weighted by atomic mass is 9.86. The first-order valence-electron chi connectivity index (χ1n) is 14.0. The third-order valence-electron chi connectivity index (χ3n) is 8.77. The van der Waals surface area contributed by atoms with Crippen molar-refractivity contribution in [2.45, 2.75) is 71.4 Å². The molecule has 4 N–H and O–H groups in total. The topological polar surface area (TPSA) is 95.7 Å². The smallest absolute Gasteiger partial charge is 0.237 e. The van der Waals surface area contributed by atoms with Crippen LogP contribution in [0.3, 0.4) is 0 Å². The highest BCUT2D eigenvalue weighted by Gasteiger charge is 2.32. The Morgan fingerprint density at radius 2 is 1.79 bits per heavy atom. The third kappa shape index (κ3) is 5.44. The quantitative estimate of drug-likeness (QED) is 0.422. The Labute approximate surface area is 231 Å². The lowest BCUT2D eigenvalue weighted by Crippen LogP contribution is -2.46. The van der Waals surface area contributed by atoms with Gasteiger partial charge < -0.3 is 21.1 Å². The van der Waals surface area contributed by atoms with Crippen LogP contribution in [-0.4, -0.2) is 29.5 Å². The first-order valence-corrected chi connectivity index (χ1v) is 14.0. The summed E-state index contributed by atoms with van der Waals surface area (Å²) < 4.78 is 0. The van der Waals surface area contributed by atoms with Crippen LogP contribution < -0.4 is 16.0 Å². The lowest BCUT2D eigenvalue weighted by Gasteiger charge is -2.35. The Morgan fingerprint density at radius 3 is 2.49 bits per heavy atom. The van der Waals surface area contributed by atoms with Gasteiger partial charge in [0.05, 0.1) is 12.1 Å². The van der Waals surface area contributed by atoms with E-state index in [9.17, 15) is 14.7 Å². The number of phenolic OH excluding ortho intramolecular Hbond substituents is 1. The maximum absolute atomic E-state index is 13.3. The van der Waals surface area contributed by atoms with Crippen LogP contribution in [0.15, 0.2) is 54.6 Å². The average Bonchev–Trinajstić information content (AvgIpc) is 3.21. The van der Waals surface area contributed by atoms with Crippen molar-refractivity contribution in [1.29, 1.82) is 0 Å². The maximum atomic E-state index is 13.3. The minimum Gasteiger partial charge on any atom is -0.508 e. The number of aromatic hydroxyl groups is 1. The molecule has 1 aliphatic heterocycles. The molecule has 0 bridgehead atoms. The van der Waals surface area contributed by atoms with Crippen molar-refractivity contribution in [3.8, 4) is 5.75 Å². The molecule has 6 heteroatoms. The van der Waals surface area contributed by atoms with Gasteiger partial charge in [0.2, 0.25) is 11.8 Å². The van der Waals surface area contributed by atoms with E-state index < -0.39 is 6.04 Å². The summed E-state index contributed by atoms with van der Waals surface area (Å²) in [5.41, 5.74) is 15.2. The van der Waals surface area contributed by atoms with Crippen LogP contribution in [0.5, 0.6) is 5.75 Å². The zero-order valence-electron chi connectivity index (χ0n) is 23.3. The van der Waals surface area contributed by atoms with Gasteiger partial charge in [0.15, 0.2) is 0 Å². The number of benzene rings is 3. The van der Waals surface area contributed by atoms with E-state index in [-0.39, 0.29) is 23.6 Å². The summed E-state index contributed by atoms with van der Waals surface area (Å²) in [6.07, 6.45) is 3.04. The molecule has 0 fully saturated rings. The number of amides is 2. The van der Waals surface area contributed by atoms with Gasteiger partial charge in [-0.05, 0) is 109 Å². The minimum atomic E-state index is -0.720. The van der Waals surface area contributed by atoms with Gasteiger partial charge in [-0.2, -0.15) is 0 Å². The molecule has 2 amide bonds. The summed E-state index contributed by atoms with van der Waals surface area (Å²) in [6.45, 7) is 8.30. The highest BCUT2D eigenvalue weighted by molar-refractivity contribution is 5.93. The Kier molecular flexibility index (Phi) is 7.50. The second-order valence-corrected chi connectivity index (χ2v) is 11.4. The Bertz CT molecular complexity index is 1390. The molecule has 204 valence electrons. The molecule has 0 saturated heterocycles. The number of fused-ring (bicyclic) bond motifs is 2. The van der Waals surface area contributed by atoms with E-state index in [4.69, 9.17) is 5.73 Å². The first-order chi connectivity index (χ1) is 18.6. The number of rotatable bonds is 6. The molecule has 4 atom stereocenters. The highest BCUT2D eigenvalue weighted by atomic mass is 16.3.